The number of amides is 1. The molecule has 2 aromatic carbocycles. The van der Waals surface area contributed by atoms with Crippen molar-refractivity contribution in [3.8, 4) is 11.5 Å². The maximum atomic E-state index is 12.5. The van der Waals surface area contributed by atoms with E-state index in [1.54, 1.807) is 13.2 Å². The Kier molecular flexibility index (Phi) is 5.04. The molecule has 1 aliphatic rings. The Balaban J connectivity index is 1.77. The first-order valence-electron chi connectivity index (χ1n) is 8.45. The van der Waals surface area contributed by atoms with E-state index >= 15 is 0 Å². The number of methoxy groups -OCH3 is 1. The third kappa shape index (κ3) is 3.53. The molecule has 2 aromatic rings. The molecule has 126 valence electrons. The number of ether oxygens (including phenoxy) is 2. The van der Waals surface area contributed by atoms with Crippen LogP contribution in [0.4, 0.5) is 5.69 Å². The largest absolute Gasteiger partial charge is 0.493 e. The zero-order valence-electron chi connectivity index (χ0n) is 14.2. The van der Waals surface area contributed by atoms with Crippen molar-refractivity contribution in [3.63, 3.8) is 0 Å². The van der Waals surface area contributed by atoms with Crippen LogP contribution >= 0.6 is 0 Å². The van der Waals surface area contributed by atoms with E-state index in [0.717, 1.165) is 12.8 Å². The number of anilines is 1. The number of aryl methyl sites for hydroxylation is 2. The maximum Gasteiger partial charge on any atom is 0.255 e. The van der Waals surface area contributed by atoms with Crippen molar-refractivity contribution < 1.29 is 14.3 Å². The summed E-state index contributed by atoms with van der Waals surface area (Å²) in [5, 5.41) is 2.93. The van der Waals surface area contributed by atoms with Crippen LogP contribution in [0.5, 0.6) is 11.5 Å². The number of hydrogen-bond donors (Lipinski definition) is 1. The Morgan fingerprint density at radius 2 is 1.83 bits per heavy atom. The summed E-state index contributed by atoms with van der Waals surface area (Å²) in [7, 11) is 1.59. The molecule has 1 aliphatic carbocycles. The number of carbonyl (C=O) groups is 1. The molecule has 1 N–H and O–H groups in total. The van der Waals surface area contributed by atoms with Crippen molar-refractivity contribution in [1.82, 2.24) is 0 Å². The Hall–Kier alpha value is -2.49. The number of benzene rings is 2. The lowest BCUT2D eigenvalue weighted by Crippen LogP contribution is -2.13. The summed E-state index contributed by atoms with van der Waals surface area (Å²) in [6.45, 7) is 2.49. The zero-order valence-corrected chi connectivity index (χ0v) is 14.2. The fourth-order valence-electron chi connectivity index (χ4n) is 3.10. The zero-order chi connectivity index (χ0) is 16.9. The highest BCUT2D eigenvalue weighted by molar-refractivity contribution is 6.04. The lowest BCUT2D eigenvalue weighted by Gasteiger charge is -2.16. The quantitative estimate of drug-likeness (QED) is 0.895. The Labute approximate surface area is 142 Å². The van der Waals surface area contributed by atoms with Gasteiger partial charge in [0, 0.05) is 17.3 Å². The first kappa shape index (κ1) is 16.4. The van der Waals surface area contributed by atoms with Crippen LogP contribution in [0.2, 0.25) is 0 Å². The van der Waals surface area contributed by atoms with Gasteiger partial charge in [0.05, 0.1) is 13.7 Å². The van der Waals surface area contributed by atoms with Crippen molar-refractivity contribution in [1.29, 1.82) is 0 Å². The van der Waals surface area contributed by atoms with E-state index in [-0.39, 0.29) is 5.91 Å². The van der Waals surface area contributed by atoms with Crippen LogP contribution in [0.1, 0.15) is 41.3 Å². The highest BCUT2D eigenvalue weighted by Gasteiger charge is 2.14. The van der Waals surface area contributed by atoms with Crippen molar-refractivity contribution >= 4 is 11.6 Å². The van der Waals surface area contributed by atoms with Crippen molar-refractivity contribution in [2.45, 2.75) is 32.6 Å². The Bertz CT molecular complexity index is 740. The monoisotopic (exact) mass is 325 g/mol. The van der Waals surface area contributed by atoms with E-state index < -0.39 is 0 Å². The van der Waals surface area contributed by atoms with Gasteiger partial charge in [-0.2, -0.15) is 0 Å². The molecule has 1 amide bonds. The second-order valence-corrected chi connectivity index (χ2v) is 5.94. The molecule has 24 heavy (non-hydrogen) atoms. The third-order valence-electron chi connectivity index (χ3n) is 4.33. The molecule has 0 saturated carbocycles. The van der Waals surface area contributed by atoms with Gasteiger partial charge in [-0.25, -0.2) is 0 Å². The van der Waals surface area contributed by atoms with Gasteiger partial charge >= 0.3 is 0 Å². The molecular weight excluding hydrogens is 302 g/mol. The summed E-state index contributed by atoms with van der Waals surface area (Å²) in [4.78, 5) is 12.5. The molecule has 0 aliphatic heterocycles. The minimum Gasteiger partial charge on any atom is -0.493 e. The number of nitrogens with one attached hydrogen (secondary N) is 1. The van der Waals surface area contributed by atoms with Gasteiger partial charge in [0.1, 0.15) is 0 Å². The molecule has 0 unspecified atom stereocenters. The van der Waals surface area contributed by atoms with Crippen LogP contribution in [0.3, 0.4) is 0 Å². The molecule has 4 heteroatoms. The van der Waals surface area contributed by atoms with Gasteiger partial charge in [0.25, 0.3) is 5.91 Å². The van der Waals surface area contributed by atoms with Gasteiger partial charge < -0.3 is 14.8 Å². The first-order chi connectivity index (χ1) is 11.7. The SMILES string of the molecule is CCOc1ccc(NC(=O)c2ccc3c(c2)CCCC3)cc1OC. The van der Waals surface area contributed by atoms with Crippen molar-refractivity contribution in [2.75, 3.05) is 19.0 Å². The molecular formula is C20H23NO3. The van der Waals surface area contributed by atoms with Crippen LogP contribution < -0.4 is 14.8 Å². The van der Waals surface area contributed by atoms with Crippen molar-refractivity contribution in [3.05, 3.63) is 53.1 Å². The third-order valence-corrected chi connectivity index (χ3v) is 4.33. The normalized spacial score (nSPS) is 13.1. The first-order valence-corrected chi connectivity index (χ1v) is 8.45. The molecule has 4 nitrogen and oxygen atoms in total. The maximum absolute atomic E-state index is 12.5. The standard InChI is InChI=1S/C20H23NO3/c1-3-24-18-11-10-17(13-19(18)23-2)21-20(22)16-9-8-14-6-4-5-7-15(14)12-16/h8-13H,3-7H2,1-2H3,(H,21,22). The smallest absolute Gasteiger partial charge is 0.255 e. The van der Waals surface area contributed by atoms with E-state index in [0.29, 0.717) is 29.4 Å². The van der Waals surface area contributed by atoms with Gasteiger partial charge in [-0.1, -0.05) is 6.07 Å². The number of carbonyl (C=O) groups excluding carboxylic acids is 1. The second kappa shape index (κ2) is 7.39. The van der Waals surface area contributed by atoms with Crippen LogP contribution in [-0.2, 0) is 12.8 Å². The minimum absolute atomic E-state index is 0.102. The van der Waals surface area contributed by atoms with E-state index in [9.17, 15) is 4.79 Å². The van der Waals surface area contributed by atoms with Crippen molar-refractivity contribution in [2.24, 2.45) is 0 Å². The predicted molar refractivity (Wildman–Crippen MR) is 95.2 cm³/mol. The highest BCUT2D eigenvalue weighted by Crippen LogP contribution is 2.30. The Morgan fingerprint density at radius 3 is 2.58 bits per heavy atom. The van der Waals surface area contributed by atoms with Gasteiger partial charge in [-0.05, 0) is 68.0 Å². The molecule has 0 saturated heterocycles. The van der Waals surface area contributed by atoms with Crippen LogP contribution in [0, 0.1) is 0 Å². The van der Waals surface area contributed by atoms with Gasteiger partial charge in [-0.3, -0.25) is 4.79 Å². The van der Waals surface area contributed by atoms with Crippen LogP contribution in [0.15, 0.2) is 36.4 Å². The van der Waals surface area contributed by atoms with Gasteiger partial charge in [0.15, 0.2) is 11.5 Å². The molecule has 0 atom stereocenters. The fourth-order valence-corrected chi connectivity index (χ4v) is 3.10. The number of hydrogen-bond acceptors (Lipinski definition) is 3. The summed E-state index contributed by atoms with van der Waals surface area (Å²) in [6.07, 6.45) is 4.62. The van der Waals surface area contributed by atoms with E-state index in [4.69, 9.17) is 9.47 Å². The number of fused-ring (bicyclic) bond motifs is 1. The molecule has 0 heterocycles. The lowest BCUT2D eigenvalue weighted by molar-refractivity contribution is 0.102. The molecule has 0 spiro atoms. The van der Waals surface area contributed by atoms with Crippen LogP contribution in [-0.4, -0.2) is 19.6 Å². The summed E-state index contributed by atoms with van der Waals surface area (Å²) in [6, 6.07) is 11.4. The summed E-state index contributed by atoms with van der Waals surface area (Å²) < 4.78 is 10.8. The highest BCUT2D eigenvalue weighted by atomic mass is 16.5. The average Bonchev–Trinajstić information content (AvgIpc) is 2.62. The molecule has 0 fully saturated rings. The second-order valence-electron chi connectivity index (χ2n) is 5.94. The van der Waals surface area contributed by atoms with E-state index in [1.807, 2.05) is 31.2 Å². The topological polar surface area (TPSA) is 47.6 Å². The Morgan fingerprint density at radius 1 is 1.04 bits per heavy atom. The molecule has 0 radical (unpaired) electrons. The average molecular weight is 325 g/mol. The van der Waals surface area contributed by atoms with Gasteiger partial charge in [0.2, 0.25) is 0 Å². The summed E-state index contributed by atoms with van der Waals surface area (Å²) >= 11 is 0. The predicted octanol–water partition coefficient (Wildman–Crippen LogP) is 4.23. The molecule has 3 rings (SSSR count). The van der Waals surface area contributed by atoms with Crippen LogP contribution in [0.25, 0.3) is 0 Å². The van der Waals surface area contributed by atoms with Gasteiger partial charge in [-0.15, -0.1) is 0 Å². The number of rotatable bonds is 5. The van der Waals surface area contributed by atoms with E-state index in [2.05, 4.69) is 11.4 Å². The van der Waals surface area contributed by atoms with E-state index in [1.165, 1.54) is 24.0 Å². The summed E-state index contributed by atoms with van der Waals surface area (Å²) in [5.74, 6) is 1.18. The minimum atomic E-state index is -0.102. The fraction of sp³-hybridized carbons (Fsp3) is 0.350. The summed E-state index contributed by atoms with van der Waals surface area (Å²) in [5.41, 5.74) is 4.07. The lowest BCUT2D eigenvalue weighted by atomic mass is 9.90. The molecule has 0 aromatic heterocycles. The molecule has 0 bridgehead atoms.